The van der Waals surface area contributed by atoms with Gasteiger partial charge in [0.05, 0.1) is 0 Å². The molecule has 0 saturated heterocycles. The SMILES string of the molecule is CCCN(CCC)C(C)CC.Cl. The summed E-state index contributed by atoms with van der Waals surface area (Å²) < 4.78 is 0. The van der Waals surface area contributed by atoms with Gasteiger partial charge in [-0.2, -0.15) is 0 Å². The van der Waals surface area contributed by atoms with Gasteiger partial charge in [0.15, 0.2) is 0 Å². The summed E-state index contributed by atoms with van der Waals surface area (Å²) in [6.07, 6.45) is 3.84. The summed E-state index contributed by atoms with van der Waals surface area (Å²) in [4.78, 5) is 2.58. The molecule has 0 radical (unpaired) electrons. The summed E-state index contributed by atoms with van der Waals surface area (Å²) in [7, 11) is 0. The van der Waals surface area contributed by atoms with Gasteiger partial charge in [-0.25, -0.2) is 0 Å². The molecule has 0 N–H and O–H groups in total. The zero-order valence-corrected chi connectivity index (χ0v) is 9.78. The second-order valence-corrected chi connectivity index (χ2v) is 3.29. The van der Waals surface area contributed by atoms with Crippen molar-refractivity contribution in [2.75, 3.05) is 13.1 Å². The van der Waals surface area contributed by atoms with Crippen molar-refractivity contribution in [1.29, 1.82) is 0 Å². The van der Waals surface area contributed by atoms with Gasteiger partial charge in [0.1, 0.15) is 0 Å². The van der Waals surface area contributed by atoms with E-state index in [-0.39, 0.29) is 12.4 Å². The van der Waals surface area contributed by atoms with Gasteiger partial charge in [-0.15, -0.1) is 12.4 Å². The molecule has 0 aliphatic rings. The summed E-state index contributed by atoms with van der Waals surface area (Å²) in [5.74, 6) is 0. The van der Waals surface area contributed by atoms with Crippen molar-refractivity contribution in [1.82, 2.24) is 4.90 Å². The van der Waals surface area contributed by atoms with Crippen LogP contribution in [0.1, 0.15) is 47.0 Å². The molecule has 0 aliphatic carbocycles. The molecule has 0 aromatic carbocycles. The van der Waals surface area contributed by atoms with E-state index in [0.717, 1.165) is 6.04 Å². The molecule has 0 rings (SSSR count). The average Bonchev–Trinajstić information content (AvgIpc) is 2.03. The number of rotatable bonds is 6. The monoisotopic (exact) mass is 193 g/mol. The van der Waals surface area contributed by atoms with Crippen LogP contribution < -0.4 is 0 Å². The molecule has 0 bridgehead atoms. The Bertz CT molecular complexity index is 79.9. The van der Waals surface area contributed by atoms with Crippen LogP contribution in [0.2, 0.25) is 0 Å². The molecule has 0 saturated carbocycles. The average molecular weight is 194 g/mol. The van der Waals surface area contributed by atoms with E-state index >= 15 is 0 Å². The van der Waals surface area contributed by atoms with Gasteiger partial charge in [0.2, 0.25) is 0 Å². The zero-order chi connectivity index (χ0) is 8.69. The first-order valence-corrected chi connectivity index (χ1v) is 5.00. The lowest BCUT2D eigenvalue weighted by Gasteiger charge is -2.27. The minimum Gasteiger partial charge on any atom is -0.301 e. The van der Waals surface area contributed by atoms with Crippen molar-refractivity contribution >= 4 is 12.4 Å². The highest BCUT2D eigenvalue weighted by Gasteiger charge is 2.08. The number of nitrogens with zero attached hydrogens (tertiary/aromatic N) is 1. The van der Waals surface area contributed by atoms with E-state index in [1.165, 1.54) is 32.4 Å². The largest absolute Gasteiger partial charge is 0.301 e. The fourth-order valence-corrected chi connectivity index (χ4v) is 1.39. The van der Waals surface area contributed by atoms with E-state index in [9.17, 15) is 0 Å². The van der Waals surface area contributed by atoms with E-state index in [2.05, 4.69) is 32.6 Å². The van der Waals surface area contributed by atoms with Crippen LogP contribution >= 0.6 is 12.4 Å². The molecule has 0 aromatic heterocycles. The molecular formula is C10H24ClN. The molecule has 1 nitrogen and oxygen atoms in total. The van der Waals surface area contributed by atoms with Crippen molar-refractivity contribution in [3.8, 4) is 0 Å². The molecule has 12 heavy (non-hydrogen) atoms. The molecule has 0 spiro atoms. The molecule has 0 aromatic rings. The van der Waals surface area contributed by atoms with Crippen LogP contribution in [0.15, 0.2) is 0 Å². The van der Waals surface area contributed by atoms with Crippen molar-refractivity contribution in [2.24, 2.45) is 0 Å². The summed E-state index contributed by atoms with van der Waals surface area (Å²) in [5.41, 5.74) is 0. The van der Waals surface area contributed by atoms with Gasteiger partial charge in [-0.05, 0) is 39.3 Å². The first kappa shape index (κ1) is 14.8. The molecule has 0 aliphatic heterocycles. The number of hydrogen-bond acceptors (Lipinski definition) is 1. The van der Waals surface area contributed by atoms with E-state index in [1.54, 1.807) is 0 Å². The summed E-state index contributed by atoms with van der Waals surface area (Å²) in [5, 5.41) is 0. The van der Waals surface area contributed by atoms with Crippen LogP contribution in [-0.2, 0) is 0 Å². The van der Waals surface area contributed by atoms with Crippen molar-refractivity contribution in [3.05, 3.63) is 0 Å². The lowest BCUT2D eigenvalue weighted by molar-refractivity contribution is 0.204. The molecule has 1 atom stereocenters. The Hall–Kier alpha value is 0.250. The Kier molecular flexibility index (Phi) is 11.5. The maximum Gasteiger partial charge on any atom is 0.00642 e. The van der Waals surface area contributed by atoms with Crippen molar-refractivity contribution < 1.29 is 0 Å². The van der Waals surface area contributed by atoms with Gasteiger partial charge < -0.3 is 4.90 Å². The van der Waals surface area contributed by atoms with Gasteiger partial charge in [0, 0.05) is 6.04 Å². The Labute approximate surface area is 83.9 Å². The second-order valence-electron chi connectivity index (χ2n) is 3.29. The smallest absolute Gasteiger partial charge is 0.00642 e. The quantitative estimate of drug-likeness (QED) is 0.626. The van der Waals surface area contributed by atoms with Crippen LogP contribution in [0.3, 0.4) is 0 Å². The molecular weight excluding hydrogens is 170 g/mol. The van der Waals surface area contributed by atoms with Crippen LogP contribution in [-0.4, -0.2) is 24.0 Å². The number of hydrogen-bond donors (Lipinski definition) is 0. The van der Waals surface area contributed by atoms with Crippen LogP contribution in [0.25, 0.3) is 0 Å². The highest BCUT2D eigenvalue weighted by molar-refractivity contribution is 5.85. The Morgan fingerprint density at radius 2 is 1.42 bits per heavy atom. The minimum atomic E-state index is 0. The summed E-state index contributed by atoms with van der Waals surface area (Å²) in [6, 6.07) is 0.773. The van der Waals surface area contributed by atoms with Crippen LogP contribution in [0.4, 0.5) is 0 Å². The first-order chi connectivity index (χ1) is 5.26. The minimum absolute atomic E-state index is 0. The fourth-order valence-electron chi connectivity index (χ4n) is 1.39. The third kappa shape index (κ3) is 5.84. The molecule has 2 heteroatoms. The van der Waals surface area contributed by atoms with Crippen LogP contribution in [0.5, 0.6) is 0 Å². The van der Waals surface area contributed by atoms with E-state index in [1.807, 2.05) is 0 Å². The first-order valence-electron chi connectivity index (χ1n) is 5.00. The molecule has 0 fully saturated rings. The van der Waals surface area contributed by atoms with Crippen LogP contribution in [0, 0.1) is 0 Å². The normalized spacial score (nSPS) is 12.8. The summed E-state index contributed by atoms with van der Waals surface area (Å²) >= 11 is 0. The molecule has 1 unspecified atom stereocenters. The lowest BCUT2D eigenvalue weighted by Crippen LogP contribution is -2.33. The maximum atomic E-state index is 2.58. The van der Waals surface area contributed by atoms with E-state index in [0.29, 0.717) is 0 Å². The Morgan fingerprint density at radius 3 is 1.67 bits per heavy atom. The van der Waals surface area contributed by atoms with Gasteiger partial charge in [-0.3, -0.25) is 0 Å². The highest BCUT2D eigenvalue weighted by atomic mass is 35.5. The van der Waals surface area contributed by atoms with Crippen molar-refractivity contribution in [3.63, 3.8) is 0 Å². The fraction of sp³-hybridized carbons (Fsp3) is 1.00. The Morgan fingerprint density at radius 1 is 1.00 bits per heavy atom. The maximum absolute atomic E-state index is 2.58. The van der Waals surface area contributed by atoms with Gasteiger partial charge in [-0.1, -0.05) is 20.8 Å². The van der Waals surface area contributed by atoms with Gasteiger partial charge in [0.25, 0.3) is 0 Å². The summed E-state index contributed by atoms with van der Waals surface area (Å²) in [6.45, 7) is 11.6. The lowest BCUT2D eigenvalue weighted by atomic mass is 10.2. The van der Waals surface area contributed by atoms with Crippen molar-refractivity contribution in [2.45, 2.75) is 53.0 Å². The molecule has 0 heterocycles. The second kappa shape index (κ2) is 9.34. The Balaban J connectivity index is 0. The predicted octanol–water partition coefficient (Wildman–Crippen LogP) is 3.33. The molecule has 76 valence electrons. The van der Waals surface area contributed by atoms with E-state index in [4.69, 9.17) is 0 Å². The third-order valence-corrected chi connectivity index (χ3v) is 2.24. The molecule has 0 amide bonds. The van der Waals surface area contributed by atoms with Gasteiger partial charge >= 0.3 is 0 Å². The number of halogens is 1. The predicted molar refractivity (Wildman–Crippen MR) is 59.2 cm³/mol. The standard InChI is InChI=1S/C10H23N.ClH/c1-5-8-11(9-6-2)10(4)7-3;/h10H,5-9H2,1-4H3;1H. The zero-order valence-electron chi connectivity index (χ0n) is 8.97. The third-order valence-electron chi connectivity index (χ3n) is 2.24. The highest BCUT2D eigenvalue weighted by Crippen LogP contribution is 2.04. The van der Waals surface area contributed by atoms with E-state index < -0.39 is 0 Å². The topological polar surface area (TPSA) is 3.24 Å².